The second-order valence-electron chi connectivity index (χ2n) is 3.35. The van der Waals surface area contributed by atoms with Crippen LogP contribution in [0.3, 0.4) is 0 Å². The van der Waals surface area contributed by atoms with Gasteiger partial charge >= 0.3 is 0 Å². The largest absolute Gasteiger partial charge is 0.490 e. The first kappa shape index (κ1) is 11.2. The fourth-order valence-corrected chi connectivity index (χ4v) is 1.44. The van der Waals surface area contributed by atoms with Crippen LogP contribution >= 0.6 is 0 Å². The molecular formula is C10H14N6O. The summed E-state index contributed by atoms with van der Waals surface area (Å²) in [6.07, 6.45) is 3.30. The Balaban J connectivity index is 2.32. The minimum Gasteiger partial charge on any atom is -0.490 e. The van der Waals surface area contributed by atoms with Crippen molar-refractivity contribution in [3.63, 3.8) is 0 Å². The summed E-state index contributed by atoms with van der Waals surface area (Å²) in [6.45, 7) is 0. The van der Waals surface area contributed by atoms with Crippen molar-refractivity contribution in [2.45, 2.75) is 0 Å². The molecule has 90 valence electrons. The quantitative estimate of drug-likeness (QED) is 0.822. The van der Waals surface area contributed by atoms with Crippen molar-refractivity contribution in [1.82, 2.24) is 19.7 Å². The standard InChI is InChI=1S/C10H14N6O/c1-11-9-8(17-3)10(13-6-12-9)14-7-4-5-16(2)15-7/h4-6H,1-3H3,(H2,11,12,13,14,15). The van der Waals surface area contributed by atoms with Crippen LogP contribution in [0.4, 0.5) is 17.5 Å². The Morgan fingerprint density at radius 2 is 2.06 bits per heavy atom. The summed E-state index contributed by atoms with van der Waals surface area (Å²) in [5.41, 5.74) is 0. The van der Waals surface area contributed by atoms with E-state index in [-0.39, 0.29) is 0 Å². The van der Waals surface area contributed by atoms with Crippen LogP contribution in [0.1, 0.15) is 0 Å². The number of nitrogens with zero attached hydrogens (tertiary/aromatic N) is 4. The first-order valence-electron chi connectivity index (χ1n) is 5.08. The number of nitrogens with one attached hydrogen (secondary N) is 2. The molecule has 0 atom stereocenters. The second kappa shape index (κ2) is 4.69. The van der Waals surface area contributed by atoms with E-state index in [0.29, 0.717) is 23.2 Å². The molecule has 0 aliphatic heterocycles. The lowest BCUT2D eigenvalue weighted by Crippen LogP contribution is -2.03. The molecule has 0 bridgehead atoms. The van der Waals surface area contributed by atoms with Gasteiger partial charge in [-0.1, -0.05) is 0 Å². The van der Waals surface area contributed by atoms with Crippen molar-refractivity contribution < 1.29 is 4.74 Å². The van der Waals surface area contributed by atoms with E-state index in [1.807, 2.05) is 19.3 Å². The minimum absolute atomic E-state index is 0.556. The Morgan fingerprint density at radius 1 is 1.29 bits per heavy atom. The third-order valence-corrected chi connectivity index (χ3v) is 2.20. The van der Waals surface area contributed by atoms with Crippen molar-refractivity contribution in [3.05, 3.63) is 18.6 Å². The van der Waals surface area contributed by atoms with Crippen molar-refractivity contribution in [3.8, 4) is 5.75 Å². The number of hydrogen-bond donors (Lipinski definition) is 2. The number of aryl methyl sites for hydroxylation is 1. The Kier molecular flexibility index (Phi) is 3.08. The molecule has 0 fully saturated rings. The van der Waals surface area contributed by atoms with E-state index >= 15 is 0 Å². The molecule has 17 heavy (non-hydrogen) atoms. The normalized spacial score (nSPS) is 10.1. The summed E-state index contributed by atoms with van der Waals surface area (Å²) < 4.78 is 6.97. The molecule has 0 amide bonds. The molecule has 2 N–H and O–H groups in total. The molecule has 7 nitrogen and oxygen atoms in total. The number of hydrogen-bond acceptors (Lipinski definition) is 6. The van der Waals surface area contributed by atoms with E-state index in [0.717, 1.165) is 0 Å². The lowest BCUT2D eigenvalue weighted by atomic mass is 10.4. The van der Waals surface area contributed by atoms with Crippen molar-refractivity contribution in [2.24, 2.45) is 7.05 Å². The van der Waals surface area contributed by atoms with Crippen molar-refractivity contribution >= 4 is 17.5 Å². The lowest BCUT2D eigenvalue weighted by Gasteiger charge is -2.11. The van der Waals surface area contributed by atoms with Gasteiger partial charge in [-0.2, -0.15) is 5.10 Å². The predicted molar refractivity (Wildman–Crippen MR) is 64.6 cm³/mol. The molecule has 7 heteroatoms. The van der Waals surface area contributed by atoms with Crippen LogP contribution in [0.2, 0.25) is 0 Å². The summed E-state index contributed by atoms with van der Waals surface area (Å²) in [7, 11) is 5.19. The molecule has 2 aromatic rings. The van der Waals surface area contributed by atoms with Crippen LogP contribution in [0, 0.1) is 0 Å². The molecular weight excluding hydrogens is 220 g/mol. The molecule has 0 aromatic carbocycles. The Labute approximate surface area is 98.8 Å². The maximum Gasteiger partial charge on any atom is 0.204 e. The van der Waals surface area contributed by atoms with Gasteiger partial charge in [-0.15, -0.1) is 0 Å². The molecule has 0 aliphatic rings. The molecule has 0 unspecified atom stereocenters. The van der Waals surface area contributed by atoms with E-state index in [1.54, 1.807) is 18.8 Å². The number of methoxy groups -OCH3 is 1. The molecule has 2 rings (SSSR count). The van der Waals surface area contributed by atoms with Gasteiger partial charge in [0.1, 0.15) is 6.33 Å². The molecule has 0 saturated heterocycles. The van der Waals surface area contributed by atoms with Gasteiger partial charge in [0.25, 0.3) is 0 Å². The van der Waals surface area contributed by atoms with Gasteiger partial charge in [-0.25, -0.2) is 9.97 Å². The van der Waals surface area contributed by atoms with Crippen LogP contribution in [-0.2, 0) is 7.05 Å². The first-order valence-corrected chi connectivity index (χ1v) is 5.08. The van der Waals surface area contributed by atoms with Gasteiger partial charge in [-0.3, -0.25) is 4.68 Å². The summed E-state index contributed by atoms with van der Waals surface area (Å²) in [5, 5.41) is 10.2. The summed E-state index contributed by atoms with van der Waals surface area (Å²) in [5.74, 6) is 2.46. The van der Waals surface area contributed by atoms with Gasteiger partial charge in [0, 0.05) is 26.4 Å². The maximum atomic E-state index is 5.26. The van der Waals surface area contributed by atoms with Crippen molar-refractivity contribution in [2.75, 3.05) is 24.8 Å². The van der Waals surface area contributed by atoms with Gasteiger partial charge in [0.05, 0.1) is 7.11 Å². The topological polar surface area (TPSA) is 76.9 Å². The van der Waals surface area contributed by atoms with Gasteiger partial charge in [-0.05, 0) is 0 Å². The van der Waals surface area contributed by atoms with Crippen LogP contribution in [0.15, 0.2) is 18.6 Å². The summed E-state index contributed by atoms with van der Waals surface area (Å²) in [6, 6.07) is 1.85. The second-order valence-corrected chi connectivity index (χ2v) is 3.35. The van der Waals surface area contributed by atoms with Crippen LogP contribution in [-0.4, -0.2) is 33.9 Å². The number of rotatable bonds is 4. The fraction of sp³-hybridized carbons (Fsp3) is 0.300. The highest BCUT2D eigenvalue weighted by atomic mass is 16.5. The van der Waals surface area contributed by atoms with E-state index in [2.05, 4.69) is 25.7 Å². The van der Waals surface area contributed by atoms with Gasteiger partial charge in [0.2, 0.25) is 5.75 Å². The Hall–Kier alpha value is -2.31. The lowest BCUT2D eigenvalue weighted by molar-refractivity contribution is 0.415. The zero-order valence-electron chi connectivity index (χ0n) is 9.93. The number of anilines is 3. The van der Waals surface area contributed by atoms with Crippen LogP contribution in [0.5, 0.6) is 5.75 Å². The SMILES string of the molecule is CNc1ncnc(Nc2ccn(C)n2)c1OC. The zero-order valence-corrected chi connectivity index (χ0v) is 9.93. The third kappa shape index (κ3) is 2.27. The average molecular weight is 234 g/mol. The van der Waals surface area contributed by atoms with E-state index in [9.17, 15) is 0 Å². The number of aromatic nitrogens is 4. The Bertz CT molecular complexity index is 509. The minimum atomic E-state index is 0.556. The fourth-order valence-electron chi connectivity index (χ4n) is 1.44. The maximum absolute atomic E-state index is 5.26. The van der Waals surface area contributed by atoms with E-state index in [4.69, 9.17) is 4.74 Å². The van der Waals surface area contributed by atoms with Crippen LogP contribution < -0.4 is 15.4 Å². The molecule has 0 spiro atoms. The molecule has 0 saturated carbocycles. The average Bonchev–Trinajstić information content (AvgIpc) is 2.74. The molecule has 2 aromatic heterocycles. The molecule has 0 aliphatic carbocycles. The van der Waals surface area contributed by atoms with Gasteiger partial charge < -0.3 is 15.4 Å². The monoisotopic (exact) mass is 234 g/mol. The summed E-state index contributed by atoms with van der Waals surface area (Å²) >= 11 is 0. The Morgan fingerprint density at radius 3 is 2.65 bits per heavy atom. The van der Waals surface area contributed by atoms with Crippen LogP contribution in [0.25, 0.3) is 0 Å². The molecule has 2 heterocycles. The predicted octanol–water partition coefficient (Wildman–Crippen LogP) is 1.00. The van der Waals surface area contributed by atoms with Crippen molar-refractivity contribution in [1.29, 1.82) is 0 Å². The highest BCUT2D eigenvalue weighted by Crippen LogP contribution is 2.30. The number of ether oxygens (including phenoxy) is 1. The highest BCUT2D eigenvalue weighted by Gasteiger charge is 2.11. The summed E-state index contributed by atoms with van der Waals surface area (Å²) in [4.78, 5) is 8.19. The smallest absolute Gasteiger partial charge is 0.204 e. The first-order chi connectivity index (χ1) is 8.24. The molecule has 0 radical (unpaired) electrons. The van der Waals surface area contributed by atoms with E-state index < -0.39 is 0 Å². The zero-order chi connectivity index (χ0) is 12.3. The van der Waals surface area contributed by atoms with E-state index in [1.165, 1.54) is 6.33 Å². The third-order valence-electron chi connectivity index (χ3n) is 2.20. The van der Waals surface area contributed by atoms with Gasteiger partial charge in [0.15, 0.2) is 17.5 Å². The highest BCUT2D eigenvalue weighted by molar-refractivity contribution is 5.67.